The molecule has 1 atom stereocenters. The van der Waals surface area contributed by atoms with Crippen LogP contribution in [0.4, 0.5) is 4.39 Å². The van der Waals surface area contributed by atoms with Crippen molar-refractivity contribution in [2.75, 3.05) is 7.05 Å². The first-order valence-corrected chi connectivity index (χ1v) is 7.13. The molecule has 0 heterocycles. The molecule has 0 aliphatic heterocycles. The number of rotatable bonds is 4. The van der Waals surface area contributed by atoms with E-state index in [0.29, 0.717) is 0 Å². The molecule has 2 rings (SSSR count). The van der Waals surface area contributed by atoms with E-state index in [9.17, 15) is 4.39 Å². The minimum absolute atomic E-state index is 0.00542. The van der Waals surface area contributed by atoms with Crippen molar-refractivity contribution < 1.29 is 4.39 Å². The maximum atomic E-state index is 14.0. The fourth-order valence-electron chi connectivity index (χ4n) is 1.90. The predicted molar refractivity (Wildman–Crippen MR) is 79.2 cm³/mol. The summed E-state index contributed by atoms with van der Waals surface area (Å²) >= 11 is 1.60. The SMILES string of the molecule is CNC(C)c1c(F)cccc1Sc1ccc(C)cc1. The monoisotopic (exact) mass is 275 g/mol. The van der Waals surface area contributed by atoms with Crippen LogP contribution < -0.4 is 5.32 Å². The third-order valence-corrected chi connectivity index (χ3v) is 4.21. The zero-order chi connectivity index (χ0) is 13.8. The quantitative estimate of drug-likeness (QED) is 0.877. The summed E-state index contributed by atoms with van der Waals surface area (Å²) < 4.78 is 14.0. The van der Waals surface area contributed by atoms with E-state index < -0.39 is 0 Å². The summed E-state index contributed by atoms with van der Waals surface area (Å²) in [4.78, 5) is 2.09. The normalized spacial score (nSPS) is 12.4. The smallest absolute Gasteiger partial charge is 0.129 e. The average molecular weight is 275 g/mol. The first-order valence-electron chi connectivity index (χ1n) is 6.32. The Morgan fingerprint density at radius 1 is 1.11 bits per heavy atom. The van der Waals surface area contributed by atoms with Crippen molar-refractivity contribution >= 4 is 11.8 Å². The summed E-state index contributed by atoms with van der Waals surface area (Å²) in [6.07, 6.45) is 0. The molecule has 0 fully saturated rings. The molecule has 3 heteroatoms. The van der Waals surface area contributed by atoms with Gasteiger partial charge in [-0.05, 0) is 45.2 Å². The van der Waals surface area contributed by atoms with Gasteiger partial charge in [0, 0.05) is 21.4 Å². The van der Waals surface area contributed by atoms with Crippen LogP contribution in [0.1, 0.15) is 24.1 Å². The Labute approximate surface area is 118 Å². The molecule has 0 aliphatic carbocycles. The van der Waals surface area contributed by atoms with Gasteiger partial charge in [-0.3, -0.25) is 0 Å². The van der Waals surface area contributed by atoms with Crippen molar-refractivity contribution in [2.45, 2.75) is 29.7 Å². The second-order valence-electron chi connectivity index (χ2n) is 4.58. The van der Waals surface area contributed by atoms with Crippen LogP contribution in [0.5, 0.6) is 0 Å². The third kappa shape index (κ3) is 3.37. The molecule has 0 bridgehead atoms. The molecule has 0 radical (unpaired) electrons. The van der Waals surface area contributed by atoms with Gasteiger partial charge in [0.15, 0.2) is 0 Å². The molecule has 0 aromatic heterocycles. The van der Waals surface area contributed by atoms with Gasteiger partial charge in [-0.2, -0.15) is 0 Å². The maximum absolute atomic E-state index is 14.0. The van der Waals surface area contributed by atoms with E-state index in [1.165, 1.54) is 11.6 Å². The van der Waals surface area contributed by atoms with Gasteiger partial charge in [0.05, 0.1) is 0 Å². The van der Waals surface area contributed by atoms with Gasteiger partial charge in [-0.25, -0.2) is 4.39 Å². The maximum Gasteiger partial charge on any atom is 0.129 e. The Balaban J connectivity index is 2.34. The molecule has 2 aromatic carbocycles. The van der Waals surface area contributed by atoms with Crippen molar-refractivity contribution in [1.82, 2.24) is 5.32 Å². The van der Waals surface area contributed by atoms with Crippen LogP contribution in [0.2, 0.25) is 0 Å². The van der Waals surface area contributed by atoms with Gasteiger partial charge < -0.3 is 5.32 Å². The molecule has 19 heavy (non-hydrogen) atoms. The van der Waals surface area contributed by atoms with Crippen molar-refractivity contribution in [3.63, 3.8) is 0 Å². The number of aryl methyl sites for hydroxylation is 1. The van der Waals surface area contributed by atoms with Crippen LogP contribution in [0.15, 0.2) is 52.3 Å². The molecule has 0 saturated heterocycles. The van der Waals surface area contributed by atoms with Gasteiger partial charge in [0.2, 0.25) is 0 Å². The fraction of sp³-hybridized carbons (Fsp3) is 0.250. The highest BCUT2D eigenvalue weighted by molar-refractivity contribution is 7.99. The predicted octanol–water partition coefficient (Wildman–Crippen LogP) is 4.57. The Morgan fingerprint density at radius 2 is 1.79 bits per heavy atom. The molecule has 0 aliphatic rings. The average Bonchev–Trinajstić information content (AvgIpc) is 2.41. The van der Waals surface area contributed by atoms with E-state index in [2.05, 4.69) is 36.5 Å². The van der Waals surface area contributed by atoms with Crippen molar-refractivity contribution in [3.8, 4) is 0 Å². The summed E-state index contributed by atoms with van der Waals surface area (Å²) in [5.41, 5.74) is 1.96. The summed E-state index contributed by atoms with van der Waals surface area (Å²) in [6, 6.07) is 13.5. The number of hydrogen-bond acceptors (Lipinski definition) is 2. The van der Waals surface area contributed by atoms with Gasteiger partial charge in [-0.1, -0.05) is 35.5 Å². The van der Waals surface area contributed by atoms with Crippen LogP contribution >= 0.6 is 11.8 Å². The molecule has 1 unspecified atom stereocenters. The van der Waals surface area contributed by atoms with E-state index in [0.717, 1.165) is 15.4 Å². The van der Waals surface area contributed by atoms with E-state index in [1.54, 1.807) is 17.8 Å². The zero-order valence-corrected chi connectivity index (χ0v) is 12.2. The van der Waals surface area contributed by atoms with Crippen LogP contribution in [0.25, 0.3) is 0 Å². The van der Waals surface area contributed by atoms with Gasteiger partial charge in [0.25, 0.3) is 0 Å². The lowest BCUT2D eigenvalue weighted by atomic mass is 10.1. The van der Waals surface area contributed by atoms with Gasteiger partial charge in [-0.15, -0.1) is 0 Å². The number of benzene rings is 2. The number of hydrogen-bond donors (Lipinski definition) is 1. The Bertz CT molecular complexity index is 551. The second-order valence-corrected chi connectivity index (χ2v) is 5.69. The minimum Gasteiger partial charge on any atom is -0.313 e. The molecule has 0 saturated carbocycles. The lowest BCUT2D eigenvalue weighted by Crippen LogP contribution is -2.14. The van der Waals surface area contributed by atoms with Crippen LogP contribution in [0.3, 0.4) is 0 Å². The van der Waals surface area contributed by atoms with Crippen LogP contribution in [0, 0.1) is 12.7 Å². The van der Waals surface area contributed by atoms with Crippen molar-refractivity contribution in [3.05, 3.63) is 59.4 Å². The fourth-order valence-corrected chi connectivity index (χ4v) is 2.96. The van der Waals surface area contributed by atoms with Crippen molar-refractivity contribution in [2.24, 2.45) is 0 Å². The summed E-state index contributed by atoms with van der Waals surface area (Å²) in [5.74, 6) is -0.154. The lowest BCUT2D eigenvalue weighted by molar-refractivity contribution is 0.552. The molecule has 0 amide bonds. The summed E-state index contributed by atoms with van der Waals surface area (Å²) in [5, 5.41) is 3.10. The Hall–Kier alpha value is -1.32. The van der Waals surface area contributed by atoms with E-state index >= 15 is 0 Å². The first-order chi connectivity index (χ1) is 9.11. The van der Waals surface area contributed by atoms with E-state index in [-0.39, 0.29) is 11.9 Å². The van der Waals surface area contributed by atoms with E-state index in [1.807, 2.05) is 20.0 Å². The van der Waals surface area contributed by atoms with Gasteiger partial charge >= 0.3 is 0 Å². The van der Waals surface area contributed by atoms with Crippen LogP contribution in [-0.2, 0) is 0 Å². The second kappa shape index (κ2) is 6.22. The van der Waals surface area contributed by atoms with E-state index in [4.69, 9.17) is 0 Å². The molecular weight excluding hydrogens is 257 g/mol. The molecule has 0 spiro atoms. The Morgan fingerprint density at radius 3 is 2.42 bits per heavy atom. The molecule has 2 aromatic rings. The highest BCUT2D eigenvalue weighted by Crippen LogP contribution is 2.34. The lowest BCUT2D eigenvalue weighted by Gasteiger charge is -2.16. The highest BCUT2D eigenvalue weighted by atomic mass is 32.2. The first kappa shape index (κ1) is 14.1. The molecular formula is C16H18FNS. The summed E-state index contributed by atoms with van der Waals surface area (Å²) in [7, 11) is 1.84. The number of nitrogens with one attached hydrogen (secondary N) is 1. The standard InChI is InChI=1S/C16H18FNS/c1-11-7-9-13(10-8-11)19-15-6-4-5-14(17)16(15)12(2)18-3/h4-10,12,18H,1-3H3. The highest BCUT2D eigenvalue weighted by Gasteiger charge is 2.14. The van der Waals surface area contributed by atoms with Crippen LogP contribution in [-0.4, -0.2) is 7.05 Å². The third-order valence-electron chi connectivity index (χ3n) is 3.13. The summed E-state index contributed by atoms with van der Waals surface area (Å²) in [6.45, 7) is 4.03. The Kier molecular flexibility index (Phi) is 4.61. The molecule has 1 nitrogen and oxygen atoms in total. The zero-order valence-electron chi connectivity index (χ0n) is 11.4. The largest absolute Gasteiger partial charge is 0.313 e. The minimum atomic E-state index is -0.154. The van der Waals surface area contributed by atoms with Gasteiger partial charge in [0.1, 0.15) is 5.82 Å². The topological polar surface area (TPSA) is 12.0 Å². The molecule has 100 valence electrons. The molecule has 1 N–H and O–H groups in total. The number of halogens is 1. The van der Waals surface area contributed by atoms with Crippen molar-refractivity contribution in [1.29, 1.82) is 0 Å².